The number of amides is 1. The third kappa shape index (κ3) is 3.22. The molecule has 0 spiro atoms. The number of halogens is 1. The molecule has 1 aromatic rings. The fourth-order valence-electron chi connectivity index (χ4n) is 1.62. The number of nitrogen functional groups attached to an aromatic ring is 1. The molecule has 0 bridgehead atoms. The highest BCUT2D eigenvalue weighted by Crippen LogP contribution is 2.18. The lowest BCUT2D eigenvalue weighted by atomic mass is 10.0. The minimum absolute atomic E-state index is 0.0492. The molecule has 3 nitrogen and oxygen atoms in total. The molecule has 0 saturated carbocycles. The van der Waals surface area contributed by atoms with Crippen LogP contribution in [0.4, 0.5) is 10.1 Å². The zero-order valence-electron chi connectivity index (χ0n) is 11.4. The normalized spacial score (nSPS) is 14.1. The number of rotatable bonds is 4. The summed E-state index contributed by atoms with van der Waals surface area (Å²) < 4.78 is 13.5. The zero-order valence-corrected chi connectivity index (χ0v) is 11.4. The summed E-state index contributed by atoms with van der Waals surface area (Å²) in [6.45, 7) is 7.67. The van der Waals surface area contributed by atoms with E-state index in [0.717, 1.165) is 6.42 Å². The van der Waals surface area contributed by atoms with Crippen molar-refractivity contribution in [2.45, 2.75) is 40.2 Å². The number of nitrogens with one attached hydrogen (secondary N) is 1. The molecule has 3 N–H and O–H groups in total. The van der Waals surface area contributed by atoms with Gasteiger partial charge in [0.2, 0.25) is 0 Å². The second-order valence-corrected chi connectivity index (χ2v) is 4.82. The van der Waals surface area contributed by atoms with Crippen molar-refractivity contribution in [1.29, 1.82) is 0 Å². The summed E-state index contributed by atoms with van der Waals surface area (Å²) in [5.74, 6) is -0.355. The van der Waals surface area contributed by atoms with Gasteiger partial charge < -0.3 is 11.1 Å². The van der Waals surface area contributed by atoms with Gasteiger partial charge in [0.1, 0.15) is 5.82 Å². The highest BCUT2D eigenvalue weighted by Gasteiger charge is 2.16. The third-order valence-electron chi connectivity index (χ3n) is 3.50. The molecule has 1 amide bonds. The topological polar surface area (TPSA) is 55.1 Å². The molecule has 0 aliphatic rings. The summed E-state index contributed by atoms with van der Waals surface area (Å²) >= 11 is 0. The van der Waals surface area contributed by atoms with Crippen LogP contribution in [0, 0.1) is 18.7 Å². The number of hydrogen-bond donors (Lipinski definition) is 2. The second-order valence-electron chi connectivity index (χ2n) is 4.82. The number of hydrogen-bond acceptors (Lipinski definition) is 2. The number of anilines is 1. The van der Waals surface area contributed by atoms with E-state index < -0.39 is 5.82 Å². The van der Waals surface area contributed by atoms with Gasteiger partial charge in [0.15, 0.2) is 0 Å². The predicted octanol–water partition coefficient (Wildman–Crippen LogP) is 2.88. The molecule has 0 saturated heterocycles. The molecule has 100 valence electrons. The number of carbonyl (C=O) groups excluding carboxylic acids is 1. The van der Waals surface area contributed by atoms with E-state index in [-0.39, 0.29) is 17.5 Å². The van der Waals surface area contributed by atoms with E-state index in [1.165, 1.54) is 12.1 Å². The van der Waals surface area contributed by atoms with Gasteiger partial charge in [-0.25, -0.2) is 4.39 Å². The summed E-state index contributed by atoms with van der Waals surface area (Å²) in [7, 11) is 0. The summed E-state index contributed by atoms with van der Waals surface area (Å²) in [5, 5.41) is 2.86. The molecule has 2 atom stereocenters. The lowest BCUT2D eigenvalue weighted by molar-refractivity contribution is 0.0927. The van der Waals surface area contributed by atoms with Gasteiger partial charge in [0.25, 0.3) is 5.91 Å². The molecule has 18 heavy (non-hydrogen) atoms. The first kappa shape index (κ1) is 14.5. The Bertz CT molecular complexity index is 422. The van der Waals surface area contributed by atoms with E-state index in [1.54, 1.807) is 6.92 Å². The molecule has 2 unspecified atom stereocenters. The molecule has 1 rings (SSSR count). The molecular formula is C14H21FN2O. The lowest BCUT2D eigenvalue weighted by Gasteiger charge is -2.20. The van der Waals surface area contributed by atoms with E-state index in [2.05, 4.69) is 19.2 Å². The van der Waals surface area contributed by atoms with Crippen LogP contribution in [0.2, 0.25) is 0 Å². The van der Waals surface area contributed by atoms with Gasteiger partial charge in [0.05, 0.1) is 0 Å². The fourth-order valence-corrected chi connectivity index (χ4v) is 1.62. The SMILES string of the molecule is CCC(C)C(C)NC(=O)c1cc(N)c(C)c(F)c1. The van der Waals surface area contributed by atoms with Crippen LogP contribution in [0.15, 0.2) is 12.1 Å². The van der Waals surface area contributed by atoms with E-state index in [0.29, 0.717) is 17.2 Å². The molecule has 0 aromatic heterocycles. The number of nitrogens with two attached hydrogens (primary N) is 1. The minimum atomic E-state index is -0.448. The van der Waals surface area contributed by atoms with Crippen molar-refractivity contribution in [2.75, 3.05) is 5.73 Å². The maximum absolute atomic E-state index is 13.5. The van der Waals surface area contributed by atoms with Crippen LogP contribution in [-0.4, -0.2) is 11.9 Å². The van der Waals surface area contributed by atoms with Gasteiger partial charge in [-0.1, -0.05) is 20.3 Å². The van der Waals surface area contributed by atoms with Gasteiger partial charge >= 0.3 is 0 Å². The quantitative estimate of drug-likeness (QED) is 0.809. The van der Waals surface area contributed by atoms with Crippen molar-refractivity contribution in [1.82, 2.24) is 5.32 Å². The highest BCUT2D eigenvalue weighted by molar-refractivity contribution is 5.95. The molecule has 0 aliphatic heterocycles. The van der Waals surface area contributed by atoms with E-state index in [1.807, 2.05) is 6.92 Å². The summed E-state index contributed by atoms with van der Waals surface area (Å²) in [6.07, 6.45) is 0.978. The maximum atomic E-state index is 13.5. The average Bonchev–Trinajstić information content (AvgIpc) is 2.33. The second kappa shape index (κ2) is 5.85. The minimum Gasteiger partial charge on any atom is -0.398 e. The molecule has 0 fully saturated rings. The Hall–Kier alpha value is -1.58. The van der Waals surface area contributed by atoms with Gasteiger partial charge in [-0.2, -0.15) is 0 Å². The zero-order chi connectivity index (χ0) is 13.9. The van der Waals surface area contributed by atoms with Crippen LogP contribution in [-0.2, 0) is 0 Å². The van der Waals surface area contributed by atoms with Crippen molar-refractivity contribution in [3.8, 4) is 0 Å². The van der Waals surface area contributed by atoms with E-state index in [9.17, 15) is 9.18 Å². The Morgan fingerprint density at radius 3 is 2.56 bits per heavy atom. The average molecular weight is 252 g/mol. The van der Waals surface area contributed by atoms with Gasteiger partial charge in [-0.3, -0.25) is 4.79 Å². The van der Waals surface area contributed by atoms with Crippen molar-refractivity contribution >= 4 is 11.6 Å². The Morgan fingerprint density at radius 1 is 1.44 bits per heavy atom. The van der Waals surface area contributed by atoms with Gasteiger partial charge in [-0.15, -0.1) is 0 Å². The number of benzene rings is 1. The first-order chi connectivity index (χ1) is 8.36. The fraction of sp³-hybridized carbons (Fsp3) is 0.500. The Balaban J connectivity index is 2.85. The van der Waals surface area contributed by atoms with Crippen LogP contribution in [0.25, 0.3) is 0 Å². The Kier molecular flexibility index (Phi) is 4.70. The van der Waals surface area contributed by atoms with Crippen molar-refractivity contribution < 1.29 is 9.18 Å². The number of carbonyl (C=O) groups is 1. The first-order valence-electron chi connectivity index (χ1n) is 6.23. The van der Waals surface area contributed by atoms with E-state index in [4.69, 9.17) is 5.73 Å². The molecule has 0 heterocycles. The molecule has 4 heteroatoms. The monoisotopic (exact) mass is 252 g/mol. The predicted molar refractivity (Wildman–Crippen MR) is 71.9 cm³/mol. The van der Waals surface area contributed by atoms with Crippen LogP contribution in [0.1, 0.15) is 43.1 Å². The van der Waals surface area contributed by atoms with Gasteiger partial charge in [0, 0.05) is 22.9 Å². The Morgan fingerprint density at radius 2 is 2.06 bits per heavy atom. The smallest absolute Gasteiger partial charge is 0.251 e. The molecule has 0 radical (unpaired) electrons. The molecular weight excluding hydrogens is 231 g/mol. The van der Waals surface area contributed by atoms with Gasteiger partial charge in [-0.05, 0) is 31.9 Å². The van der Waals surface area contributed by atoms with Crippen LogP contribution < -0.4 is 11.1 Å². The molecule has 0 aliphatic carbocycles. The van der Waals surface area contributed by atoms with Crippen LogP contribution in [0.3, 0.4) is 0 Å². The van der Waals surface area contributed by atoms with Crippen LogP contribution in [0.5, 0.6) is 0 Å². The van der Waals surface area contributed by atoms with E-state index >= 15 is 0 Å². The van der Waals surface area contributed by atoms with Crippen LogP contribution >= 0.6 is 0 Å². The lowest BCUT2D eigenvalue weighted by Crippen LogP contribution is -2.37. The summed E-state index contributed by atoms with van der Waals surface area (Å²) in [4.78, 5) is 12.0. The third-order valence-corrected chi connectivity index (χ3v) is 3.50. The maximum Gasteiger partial charge on any atom is 0.251 e. The summed E-state index contributed by atoms with van der Waals surface area (Å²) in [6, 6.07) is 2.79. The summed E-state index contributed by atoms with van der Waals surface area (Å²) in [5.41, 5.74) is 6.60. The largest absolute Gasteiger partial charge is 0.398 e. The first-order valence-corrected chi connectivity index (χ1v) is 6.23. The molecule has 1 aromatic carbocycles. The highest BCUT2D eigenvalue weighted by atomic mass is 19.1. The Labute approximate surface area is 108 Å². The standard InChI is InChI=1S/C14H21FN2O/c1-5-8(2)10(4)17-14(18)11-6-12(15)9(3)13(16)7-11/h6-8,10H,5,16H2,1-4H3,(H,17,18). The van der Waals surface area contributed by atoms with Crippen molar-refractivity contribution in [3.63, 3.8) is 0 Å². The van der Waals surface area contributed by atoms with Crippen molar-refractivity contribution in [2.24, 2.45) is 5.92 Å². The van der Waals surface area contributed by atoms with Crippen molar-refractivity contribution in [3.05, 3.63) is 29.1 Å².